The Hall–Kier alpha value is -2.86. The first-order valence-corrected chi connectivity index (χ1v) is 8.95. The minimum absolute atomic E-state index is 0.0405. The Morgan fingerprint density at radius 3 is 1.96 bits per heavy atom. The van der Waals surface area contributed by atoms with Gasteiger partial charge in [0.05, 0.1) is 5.56 Å². The summed E-state index contributed by atoms with van der Waals surface area (Å²) in [7, 11) is 0. The number of carboxylic acid groups (broad SMARTS) is 1. The molecule has 0 fully saturated rings. The number of hydrogen-bond acceptors (Lipinski definition) is 4. The van der Waals surface area contributed by atoms with E-state index in [4.69, 9.17) is 21.4 Å². The number of alkyl halides is 1. The van der Waals surface area contributed by atoms with Crippen LogP contribution in [0.5, 0.6) is 5.75 Å². The van der Waals surface area contributed by atoms with E-state index in [9.17, 15) is 14.4 Å². The maximum absolute atomic E-state index is 12.9. The van der Waals surface area contributed by atoms with Crippen LogP contribution in [0.3, 0.4) is 0 Å². The summed E-state index contributed by atoms with van der Waals surface area (Å²) in [6.45, 7) is 6.79. The number of anilines is 1. The van der Waals surface area contributed by atoms with Crippen molar-refractivity contribution < 1.29 is 24.2 Å². The highest BCUT2D eigenvalue weighted by Gasteiger charge is 2.51. The van der Waals surface area contributed by atoms with Gasteiger partial charge in [0.15, 0.2) is 0 Å². The van der Waals surface area contributed by atoms with E-state index < -0.39 is 28.1 Å². The zero-order valence-electron chi connectivity index (χ0n) is 16.1. The zero-order chi connectivity index (χ0) is 21.1. The highest BCUT2D eigenvalue weighted by atomic mass is 35.5. The van der Waals surface area contributed by atoms with E-state index >= 15 is 0 Å². The lowest BCUT2D eigenvalue weighted by atomic mass is 9.86. The molecule has 0 saturated carbocycles. The number of aromatic carboxylic acids is 1. The first-order valence-electron chi connectivity index (χ1n) is 8.58. The smallest absolute Gasteiger partial charge is 0.335 e. The van der Waals surface area contributed by atoms with Crippen molar-refractivity contribution >= 4 is 34.9 Å². The Bertz CT molecular complexity index is 885. The van der Waals surface area contributed by atoms with Crippen LogP contribution in [0.4, 0.5) is 5.69 Å². The van der Waals surface area contributed by atoms with Gasteiger partial charge in [-0.15, -0.1) is 0 Å². The third-order valence-electron chi connectivity index (χ3n) is 3.93. The molecule has 28 heavy (non-hydrogen) atoms. The van der Waals surface area contributed by atoms with E-state index in [1.54, 1.807) is 32.9 Å². The molecule has 0 radical (unpaired) electrons. The van der Waals surface area contributed by atoms with Gasteiger partial charge in [-0.05, 0) is 43.3 Å². The molecule has 0 aliphatic heterocycles. The van der Waals surface area contributed by atoms with E-state index in [-0.39, 0.29) is 11.3 Å². The molecular weight excluding hydrogens is 382 g/mol. The highest BCUT2D eigenvalue weighted by Crippen LogP contribution is 2.32. The van der Waals surface area contributed by atoms with Crippen LogP contribution < -0.4 is 10.1 Å². The summed E-state index contributed by atoms with van der Waals surface area (Å²) in [5, 5.41) is 9.27. The van der Waals surface area contributed by atoms with Crippen molar-refractivity contribution in [2.24, 2.45) is 5.41 Å². The lowest BCUT2D eigenvalue weighted by Crippen LogP contribution is -2.54. The molecule has 0 heterocycles. The van der Waals surface area contributed by atoms with Crippen molar-refractivity contribution in [2.45, 2.75) is 32.8 Å². The number of Topliss-reactive ketones (excluding diaryl/α,β-unsaturated/α-hetero) is 1. The molecule has 0 bridgehead atoms. The van der Waals surface area contributed by atoms with Crippen LogP contribution in [-0.2, 0) is 9.59 Å². The zero-order valence-corrected chi connectivity index (χ0v) is 16.8. The van der Waals surface area contributed by atoms with Crippen LogP contribution in [0.1, 0.15) is 36.7 Å². The van der Waals surface area contributed by atoms with Crippen molar-refractivity contribution in [1.82, 2.24) is 0 Å². The fraction of sp³-hybridized carbons (Fsp3) is 0.286. The summed E-state index contributed by atoms with van der Waals surface area (Å²) in [5.74, 6) is -2.47. The SMILES string of the molecule is Cc1ccc(NC(=O)C(Cl)(Oc2ccc(C(=O)O)cc2)C(=O)C(C)(C)C)cc1. The third kappa shape index (κ3) is 4.89. The maximum Gasteiger partial charge on any atom is 0.335 e. The summed E-state index contributed by atoms with van der Waals surface area (Å²) < 4.78 is 5.59. The number of carboxylic acids is 1. The molecule has 148 valence electrons. The van der Waals surface area contributed by atoms with Gasteiger partial charge in [0, 0.05) is 11.1 Å². The van der Waals surface area contributed by atoms with Gasteiger partial charge in [-0.25, -0.2) is 4.79 Å². The van der Waals surface area contributed by atoms with E-state index in [1.165, 1.54) is 24.3 Å². The number of rotatable bonds is 6. The molecule has 0 spiro atoms. The average molecular weight is 404 g/mol. The third-order valence-corrected chi connectivity index (χ3v) is 4.35. The van der Waals surface area contributed by atoms with Gasteiger partial charge in [0.2, 0.25) is 5.78 Å². The molecule has 0 aromatic heterocycles. The minimum atomic E-state index is -2.33. The number of carbonyl (C=O) groups excluding carboxylic acids is 2. The number of benzene rings is 2. The lowest BCUT2D eigenvalue weighted by molar-refractivity contribution is -0.144. The number of nitrogens with one attached hydrogen (secondary N) is 1. The first kappa shape index (κ1) is 21.4. The fourth-order valence-electron chi connectivity index (χ4n) is 2.35. The van der Waals surface area contributed by atoms with Crippen molar-refractivity contribution in [3.8, 4) is 5.75 Å². The normalized spacial score (nSPS) is 13.3. The number of carbonyl (C=O) groups is 3. The van der Waals surface area contributed by atoms with Crippen LogP contribution in [0.2, 0.25) is 0 Å². The lowest BCUT2D eigenvalue weighted by Gasteiger charge is -2.31. The Morgan fingerprint density at radius 2 is 1.50 bits per heavy atom. The van der Waals surface area contributed by atoms with E-state index in [1.807, 2.05) is 19.1 Å². The molecular formula is C21H22ClNO5. The second kappa shape index (κ2) is 8.02. The van der Waals surface area contributed by atoms with Crippen LogP contribution in [-0.4, -0.2) is 27.8 Å². The van der Waals surface area contributed by atoms with Crippen molar-refractivity contribution in [1.29, 1.82) is 0 Å². The second-order valence-corrected chi connectivity index (χ2v) is 7.96. The summed E-state index contributed by atoms with van der Waals surface area (Å²) in [5.41, 5.74) is 0.550. The predicted molar refractivity (Wildman–Crippen MR) is 107 cm³/mol. The molecule has 0 saturated heterocycles. The quantitative estimate of drug-likeness (QED) is 0.555. The minimum Gasteiger partial charge on any atom is -0.478 e. The number of ketones is 1. The first-order chi connectivity index (χ1) is 12.9. The molecule has 1 atom stereocenters. The van der Waals surface area contributed by atoms with Gasteiger partial charge in [-0.2, -0.15) is 0 Å². The number of ether oxygens (including phenoxy) is 1. The van der Waals surface area contributed by atoms with Crippen LogP contribution in [0.25, 0.3) is 0 Å². The van der Waals surface area contributed by atoms with Gasteiger partial charge in [0.1, 0.15) is 5.75 Å². The Kier molecular flexibility index (Phi) is 6.14. The van der Waals surface area contributed by atoms with Gasteiger partial charge < -0.3 is 15.2 Å². The van der Waals surface area contributed by atoms with Crippen molar-refractivity contribution in [3.63, 3.8) is 0 Å². The summed E-state index contributed by atoms with van der Waals surface area (Å²) in [6.07, 6.45) is 0. The number of hydrogen-bond donors (Lipinski definition) is 2. The van der Waals surface area contributed by atoms with Gasteiger partial charge in [-0.1, -0.05) is 50.1 Å². The summed E-state index contributed by atoms with van der Waals surface area (Å²) in [6, 6.07) is 12.3. The van der Waals surface area contributed by atoms with Gasteiger partial charge in [-0.3, -0.25) is 9.59 Å². The van der Waals surface area contributed by atoms with Crippen LogP contribution in [0.15, 0.2) is 48.5 Å². The average Bonchev–Trinajstić information content (AvgIpc) is 2.62. The number of aryl methyl sites for hydroxylation is 1. The van der Waals surface area contributed by atoms with Crippen molar-refractivity contribution in [2.75, 3.05) is 5.32 Å². The topological polar surface area (TPSA) is 92.7 Å². The molecule has 0 aliphatic rings. The predicted octanol–water partition coefficient (Wildman–Crippen LogP) is 4.26. The highest BCUT2D eigenvalue weighted by molar-refractivity contribution is 6.47. The fourth-order valence-corrected chi connectivity index (χ4v) is 2.77. The molecule has 1 unspecified atom stereocenters. The number of amides is 1. The Balaban J connectivity index is 2.36. The monoisotopic (exact) mass is 403 g/mol. The Morgan fingerprint density at radius 1 is 0.964 bits per heavy atom. The molecule has 2 N–H and O–H groups in total. The van der Waals surface area contributed by atoms with Crippen molar-refractivity contribution in [3.05, 3.63) is 59.7 Å². The van der Waals surface area contributed by atoms with E-state index in [0.29, 0.717) is 5.69 Å². The molecule has 7 heteroatoms. The van der Waals surface area contributed by atoms with Gasteiger partial charge >= 0.3 is 11.0 Å². The molecule has 2 aromatic rings. The summed E-state index contributed by atoms with van der Waals surface area (Å²) >= 11 is 6.44. The molecule has 6 nitrogen and oxygen atoms in total. The van der Waals surface area contributed by atoms with Crippen LogP contribution in [0, 0.1) is 12.3 Å². The molecule has 2 rings (SSSR count). The van der Waals surface area contributed by atoms with Gasteiger partial charge in [0.25, 0.3) is 5.91 Å². The second-order valence-electron chi connectivity index (χ2n) is 7.43. The largest absolute Gasteiger partial charge is 0.478 e. The molecule has 0 aliphatic carbocycles. The Labute approximate surface area is 168 Å². The van der Waals surface area contributed by atoms with E-state index in [0.717, 1.165) is 5.56 Å². The maximum atomic E-state index is 12.9. The molecule has 1 amide bonds. The molecule has 2 aromatic carbocycles. The van der Waals surface area contributed by atoms with E-state index in [2.05, 4.69) is 5.32 Å². The summed E-state index contributed by atoms with van der Waals surface area (Å²) in [4.78, 5) is 36.8. The standard InChI is InChI=1S/C21H22ClNO5/c1-13-5-9-15(10-6-13)23-19(27)21(22,18(26)20(2,3)4)28-16-11-7-14(8-12-16)17(24)25/h5-12H,1-4H3,(H,23,27)(H,24,25). The number of halogens is 1. The van der Waals surface area contributed by atoms with Crippen LogP contribution >= 0.6 is 11.6 Å².